The number of hydrogen-bond acceptors (Lipinski definition) is 2. The van der Waals surface area contributed by atoms with Gasteiger partial charge in [-0.15, -0.1) is 0 Å². The van der Waals surface area contributed by atoms with Gasteiger partial charge in [0.05, 0.1) is 0 Å². The summed E-state index contributed by atoms with van der Waals surface area (Å²) >= 11 is 0. The Morgan fingerprint density at radius 1 is 1.27 bits per heavy atom. The van der Waals surface area contributed by atoms with E-state index in [1.54, 1.807) is 30.3 Å². The standard InChI is InChI=1S/C9H10N2O3.CH4/c10-9(14)11(6-8(12)13)7-4-2-1-3-5-7;/h1-5H,6H2,(H2,10,14)(H,12,13);1H4. The third-order valence-electron chi connectivity index (χ3n) is 1.63. The van der Waals surface area contributed by atoms with Gasteiger partial charge in [0, 0.05) is 5.69 Å². The van der Waals surface area contributed by atoms with Crippen molar-refractivity contribution in [3.63, 3.8) is 0 Å². The van der Waals surface area contributed by atoms with E-state index in [1.165, 1.54) is 0 Å². The summed E-state index contributed by atoms with van der Waals surface area (Å²) in [5.41, 5.74) is 5.52. The number of carbonyl (C=O) groups excluding carboxylic acids is 1. The van der Waals surface area contributed by atoms with Crippen LogP contribution in [-0.4, -0.2) is 23.7 Å². The molecule has 0 spiro atoms. The molecule has 0 atom stereocenters. The normalized spacial score (nSPS) is 8.80. The number of urea groups is 1. The molecule has 0 saturated carbocycles. The highest BCUT2D eigenvalue weighted by Gasteiger charge is 2.14. The number of nitrogens with two attached hydrogens (primary N) is 1. The van der Waals surface area contributed by atoms with Gasteiger partial charge < -0.3 is 10.8 Å². The van der Waals surface area contributed by atoms with Gasteiger partial charge in [-0.3, -0.25) is 9.69 Å². The van der Waals surface area contributed by atoms with Gasteiger partial charge in [0.25, 0.3) is 0 Å². The van der Waals surface area contributed by atoms with Gasteiger partial charge in [-0.25, -0.2) is 4.79 Å². The fourth-order valence-corrected chi connectivity index (χ4v) is 1.04. The number of amides is 2. The van der Waals surface area contributed by atoms with E-state index in [1.807, 2.05) is 0 Å². The smallest absolute Gasteiger partial charge is 0.323 e. The molecule has 3 N–H and O–H groups in total. The highest BCUT2D eigenvalue weighted by atomic mass is 16.4. The number of benzene rings is 1. The van der Waals surface area contributed by atoms with Crippen molar-refractivity contribution in [2.45, 2.75) is 7.43 Å². The molecule has 1 aromatic carbocycles. The number of hydrogen-bond donors (Lipinski definition) is 2. The fourth-order valence-electron chi connectivity index (χ4n) is 1.04. The lowest BCUT2D eigenvalue weighted by molar-refractivity contribution is -0.135. The van der Waals surface area contributed by atoms with E-state index >= 15 is 0 Å². The number of aliphatic carboxylic acids is 1. The molecule has 0 radical (unpaired) electrons. The Morgan fingerprint density at radius 3 is 2.20 bits per heavy atom. The Bertz CT molecular complexity index is 338. The van der Waals surface area contributed by atoms with Crippen molar-refractivity contribution < 1.29 is 14.7 Å². The molecule has 0 unspecified atom stereocenters. The molecule has 0 aliphatic heterocycles. The zero-order chi connectivity index (χ0) is 10.6. The van der Waals surface area contributed by atoms with Gasteiger partial charge in [-0.2, -0.15) is 0 Å². The number of para-hydroxylation sites is 1. The number of carboxylic acid groups (broad SMARTS) is 1. The Kier molecular flexibility index (Phi) is 4.87. The summed E-state index contributed by atoms with van der Waals surface area (Å²) in [5.74, 6) is -1.10. The van der Waals surface area contributed by atoms with E-state index in [2.05, 4.69) is 0 Å². The molecule has 5 heteroatoms. The molecular weight excluding hydrogens is 196 g/mol. The van der Waals surface area contributed by atoms with Gasteiger partial charge in [0.1, 0.15) is 6.54 Å². The summed E-state index contributed by atoms with van der Waals surface area (Å²) in [6.07, 6.45) is 0. The molecule has 2 amide bonds. The molecule has 82 valence electrons. The summed E-state index contributed by atoms with van der Waals surface area (Å²) in [6, 6.07) is 7.63. The van der Waals surface area contributed by atoms with E-state index in [-0.39, 0.29) is 7.43 Å². The predicted octanol–water partition coefficient (Wildman–Crippen LogP) is 1.29. The van der Waals surface area contributed by atoms with E-state index in [0.29, 0.717) is 5.69 Å². The second-order valence-electron chi connectivity index (χ2n) is 2.65. The Hall–Kier alpha value is -2.04. The molecule has 1 rings (SSSR count). The van der Waals surface area contributed by atoms with Crippen LogP contribution in [0.2, 0.25) is 0 Å². The quantitative estimate of drug-likeness (QED) is 0.788. The van der Waals surface area contributed by atoms with Crippen molar-refractivity contribution in [2.75, 3.05) is 11.4 Å². The molecule has 0 aliphatic carbocycles. The van der Waals surface area contributed by atoms with Crippen molar-refractivity contribution in [3.8, 4) is 0 Å². The highest BCUT2D eigenvalue weighted by Crippen LogP contribution is 2.11. The molecule has 15 heavy (non-hydrogen) atoms. The second kappa shape index (κ2) is 5.64. The molecule has 1 aromatic rings. The monoisotopic (exact) mass is 210 g/mol. The molecule has 0 bridgehead atoms. The summed E-state index contributed by atoms with van der Waals surface area (Å²) in [5, 5.41) is 8.54. The first kappa shape index (κ1) is 13.0. The average Bonchev–Trinajstić information content (AvgIpc) is 2.15. The first-order valence-corrected chi connectivity index (χ1v) is 3.95. The number of rotatable bonds is 3. The summed E-state index contributed by atoms with van der Waals surface area (Å²) in [7, 11) is 0. The largest absolute Gasteiger partial charge is 0.480 e. The molecule has 0 aromatic heterocycles. The topological polar surface area (TPSA) is 83.6 Å². The number of anilines is 1. The van der Waals surface area contributed by atoms with Crippen molar-refractivity contribution in [1.29, 1.82) is 0 Å². The maximum absolute atomic E-state index is 10.9. The van der Waals surface area contributed by atoms with Crippen LogP contribution in [0.15, 0.2) is 30.3 Å². The number of carbonyl (C=O) groups is 2. The predicted molar refractivity (Wildman–Crippen MR) is 57.7 cm³/mol. The molecular formula is C10H14N2O3. The molecule has 0 saturated heterocycles. The lowest BCUT2D eigenvalue weighted by Crippen LogP contribution is -2.39. The van der Waals surface area contributed by atoms with Gasteiger partial charge in [-0.05, 0) is 12.1 Å². The van der Waals surface area contributed by atoms with Crippen LogP contribution in [0.4, 0.5) is 10.5 Å². The first-order valence-electron chi connectivity index (χ1n) is 3.95. The van der Waals surface area contributed by atoms with Crippen LogP contribution in [0.5, 0.6) is 0 Å². The van der Waals surface area contributed by atoms with Gasteiger partial charge in [0.2, 0.25) is 0 Å². The third kappa shape index (κ3) is 3.68. The maximum atomic E-state index is 10.9. The zero-order valence-corrected chi connectivity index (χ0v) is 7.38. The third-order valence-corrected chi connectivity index (χ3v) is 1.63. The van der Waals surface area contributed by atoms with E-state index < -0.39 is 18.5 Å². The van der Waals surface area contributed by atoms with Crippen molar-refractivity contribution in [3.05, 3.63) is 30.3 Å². The lowest BCUT2D eigenvalue weighted by atomic mass is 10.3. The number of primary amides is 1. The van der Waals surface area contributed by atoms with Crippen LogP contribution in [0.25, 0.3) is 0 Å². The Morgan fingerprint density at radius 2 is 1.80 bits per heavy atom. The van der Waals surface area contributed by atoms with Gasteiger partial charge in [0.15, 0.2) is 0 Å². The van der Waals surface area contributed by atoms with E-state index in [9.17, 15) is 9.59 Å². The van der Waals surface area contributed by atoms with Gasteiger partial charge in [-0.1, -0.05) is 25.6 Å². The van der Waals surface area contributed by atoms with Crippen LogP contribution in [0.3, 0.4) is 0 Å². The van der Waals surface area contributed by atoms with E-state index in [0.717, 1.165) is 4.90 Å². The maximum Gasteiger partial charge on any atom is 0.323 e. The summed E-state index contributed by atoms with van der Waals surface area (Å²) in [6.45, 7) is -0.431. The summed E-state index contributed by atoms with van der Waals surface area (Å²) < 4.78 is 0. The van der Waals surface area contributed by atoms with Crippen LogP contribution in [-0.2, 0) is 4.79 Å². The van der Waals surface area contributed by atoms with Crippen molar-refractivity contribution in [1.82, 2.24) is 0 Å². The second-order valence-corrected chi connectivity index (χ2v) is 2.65. The molecule has 0 aliphatic rings. The summed E-state index contributed by atoms with van der Waals surface area (Å²) in [4.78, 5) is 22.3. The van der Waals surface area contributed by atoms with Crippen molar-refractivity contribution in [2.24, 2.45) is 5.73 Å². The first-order chi connectivity index (χ1) is 6.61. The van der Waals surface area contributed by atoms with Crippen LogP contribution in [0.1, 0.15) is 7.43 Å². The zero-order valence-electron chi connectivity index (χ0n) is 7.38. The number of nitrogens with zero attached hydrogens (tertiary/aromatic N) is 1. The molecule has 5 nitrogen and oxygen atoms in total. The van der Waals surface area contributed by atoms with Crippen LogP contribution in [0, 0.1) is 0 Å². The average molecular weight is 210 g/mol. The van der Waals surface area contributed by atoms with Gasteiger partial charge >= 0.3 is 12.0 Å². The number of carboxylic acids is 1. The Balaban J connectivity index is 0.00000196. The lowest BCUT2D eigenvalue weighted by Gasteiger charge is -2.17. The SMILES string of the molecule is C.NC(=O)N(CC(=O)O)c1ccccc1. The fraction of sp³-hybridized carbons (Fsp3) is 0.200. The van der Waals surface area contributed by atoms with Crippen LogP contribution < -0.4 is 10.6 Å². The van der Waals surface area contributed by atoms with Crippen molar-refractivity contribution >= 4 is 17.7 Å². The molecule has 0 fully saturated rings. The van der Waals surface area contributed by atoms with E-state index in [4.69, 9.17) is 10.8 Å². The molecule has 0 heterocycles. The highest BCUT2D eigenvalue weighted by molar-refractivity contribution is 5.95. The minimum absolute atomic E-state index is 0. The van der Waals surface area contributed by atoms with Crippen LogP contribution >= 0.6 is 0 Å². The minimum atomic E-state index is -1.10. The minimum Gasteiger partial charge on any atom is -0.480 e. The Labute approximate surface area is 88.1 Å².